The molecule has 0 unspecified atom stereocenters. The number of hydrogen-bond donors (Lipinski definition) is 3. The number of nitrogens with zero attached hydrogens (tertiary/aromatic N) is 2. The number of aliphatic hydroxyl groups is 2. The van der Waals surface area contributed by atoms with E-state index in [1.54, 1.807) is 7.11 Å². The number of anilines is 1. The van der Waals surface area contributed by atoms with Crippen LogP contribution in [0.1, 0.15) is 0 Å². The van der Waals surface area contributed by atoms with Crippen LogP contribution in [0.2, 0.25) is 5.02 Å². The summed E-state index contributed by atoms with van der Waals surface area (Å²) in [6, 6.07) is 13.3. The van der Waals surface area contributed by atoms with Crippen LogP contribution in [0.3, 0.4) is 0 Å². The predicted molar refractivity (Wildman–Crippen MR) is 129 cm³/mol. The van der Waals surface area contributed by atoms with Crippen LogP contribution in [0.5, 0.6) is 5.75 Å². The number of benzene rings is 2. The average Bonchev–Trinajstić information content (AvgIpc) is 3.18. The summed E-state index contributed by atoms with van der Waals surface area (Å²) in [5.74, 6) is 0.801. The highest BCUT2D eigenvalue weighted by Crippen LogP contribution is 2.31. The molecule has 4 rings (SSSR count). The van der Waals surface area contributed by atoms with Crippen LogP contribution in [0.15, 0.2) is 53.4 Å². The molecule has 186 valence electrons. The zero-order chi connectivity index (χ0) is 24.3. The van der Waals surface area contributed by atoms with Gasteiger partial charge in [0.2, 0.25) is 10.0 Å². The van der Waals surface area contributed by atoms with Crippen molar-refractivity contribution in [2.24, 2.45) is 0 Å². The van der Waals surface area contributed by atoms with E-state index in [0.717, 1.165) is 11.4 Å². The van der Waals surface area contributed by atoms with E-state index in [1.165, 1.54) is 24.3 Å². The molecule has 34 heavy (non-hydrogen) atoms. The number of hydrogen-bond acceptors (Lipinski definition) is 8. The molecule has 2 aromatic carbocycles. The van der Waals surface area contributed by atoms with Gasteiger partial charge in [-0.05, 0) is 36.4 Å². The first-order valence-electron chi connectivity index (χ1n) is 11.2. The summed E-state index contributed by atoms with van der Waals surface area (Å²) in [5, 5.41) is 21.0. The second-order valence-corrected chi connectivity index (χ2v) is 10.6. The van der Waals surface area contributed by atoms with Crippen molar-refractivity contribution in [3.05, 3.63) is 53.6 Å². The molecule has 4 atom stereocenters. The maximum absolute atomic E-state index is 12.7. The molecule has 0 aromatic heterocycles. The van der Waals surface area contributed by atoms with Crippen LogP contribution < -0.4 is 14.4 Å². The Bertz CT molecular complexity index is 1060. The Morgan fingerprint density at radius 2 is 1.76 bits per heavy atom. The van der Waals surface area contributed by atoms with Crippen molar-refractivity contribution >= 4 is 27.3 Å². The van der Waals surface area contributed by atoms with Gasteiger partial charge >= 0.3 is 0 Å². The van der Waals surface area contributed by atoms with Crippen LogP contribution in [0.25, 0.3) is 0 Å². The lowest BCUT2D eigenvalue weighted by Gasteiger charge is -2.41. The van der Waals surface area contributed by atoms with Crippen LogP contribution in [-0.4, -0.2) is 94.3 Å². The summed E-state index contributed by atoms with van der Waals surface area (Å²) in [4.78, 5) is 4.42. The fourth-order valence-electron chi connectivity index (χ4n) is 4.64. The molecular weight excluding hydrogens is 482 g/mol. The molecule has 0 saturated carbocycles. The molecule has 0 bridgehead atoms. The minimum absolute atomic E-state index is 0.0318. The van der Waals surface area contributed by atoms with E-state index in [2.05, 4.69) is 14.5 Å². The van der Waals surface area contributed by atoms with Crippen molar-refractivity contribution in [2.45, 2.75) is 29.2 Å². The third-order valence-corrected chi connectivity index (χ3v) is 8.09. The van der Waals surface area contributed by atoms with Crippen LogP contribution in [0, 0.1) is 0 Å². The van der Waals surface area contributed by atoms with Crippen molar-refractivity contribution in [2.75, 3.05) is 51.3 Å². The predicted octanol–water partition coefficient (Wildman–Crippen LogP) is 0.938. The maximum Gasteiger partial charge on any atom is 0.240 e. The SMILES string of the molecule is COc1ccccc1N1CCN([C@H]2[C@H](O)[C@H](CO)O[C@@H]2CNS(=O)(=O)c2ccc(Cl)cc2)CC1. The Hall–Kier alpha value is -1.92. The van der Waals surface area contributed by atoms with Crippen molar-refractivity contribution in [1.82, 2.24) is 9.62 Å². The Labute approximate surface area is 204 Å². The monoisotopic (exact) mass is 511 g/mol. The van der Waals surface area contributed by atoms with Crippen molar-refractivity contribution in [3.8, 4) is 5.75 Å². The minimum Gasteiger partial charge on any atom is -0.495 e. The van der Waals surface area contributed by atoms with E-state index in [0.29, 0.717) is 31.2 Å². The first-order chi connectivity index (χ1) is 16.3. The highest BCUT2D eigenvalue weighted by atomic mass is 35.5. The van der Waals surface area contributed by atoms with E-state index in [1.807, 2.05) is 24.3 Å². The molecule has 2 aliphatic rings. The molecule has 2 fully saturated rings. The van der Waals surface area contributed by atoms with E-state index < -0.39 is 34.4 Å². The summed E-state index contributed by atoms with van der Waals surface area (Å²) in [7, 11) is -2.14. The topological polar surface area (TPSA) is 112 Å². The third kappa shape index (κ3) is 5.33. The molecule has 0 spiro atoms. The second kappa shape index (κ2) is 10.8. The Balaban J connectivity index is 1.44. The first kappa shape index (κ1) is 25.2. The molecule has 2 heterocycles. The normalized spacial score (nSPS) is 26.1. The van der Waals surface area contributed by atoms with Gasteiger partial charge < -0.3 is 24.6 Å². The van der Waals surface area contributed by atoms with Gasteiger partial charge in [0.25, 0.3) is 0 Å². The largest absolute Gasteiger partial charge is 0.495 e. The molecule has 0 amide bonds. The smallest absolute Gasteiger partial charge is 0.240 e. The summed E-state index contributed by atoms with van der Waals surface area (Å²) >= 11 is 5.86. The highest BCUT2D eigenvalue weighted by molar-refractivity contribution is 7.89. The molecule has 2 saturated heterocycles. The van der Waals surface area contributed by atoms with Gasteiger partial charge in [0.05, 0.1) is 36.4 Å². The zero-order valence-electron chi connectivity index (χ0n) is 18.9. The number of sulfonamides is 1. The summed E-state index contributed by atoms with van der Waals surface area (Å²) < 4.78 is 39.4. The van der Waals surface area contributed by atoms with Crippen molar-refractivity contribution in [1.29, 1.82) is 0 Å². The number of nitrogens with one attached hydrogen (secondary N) is 1. The summed E-state index contributed by atoms with van der Waals surface area (Å²) in [6.45, 7) is 2.31. The van der Waals surface area contributed by atoms with E-state index >= 15 is 0 Å². The quantitative estimate of drug-likeness (QED) is 0.480. The van der Waals surface area contributed by atoms with Gasteiger partial charge in [0.1, 0.15) is 18.0 Å². The van der Waals surface area contributed by atoms with Gasteiger partial charge in [-0.3, -0.25) is 4.90 Å². The number of piperazine rings is 1. The van der Waals surface area contributed by atoms with Crippen LogP contribution in [-0.2, 0) is 14.8 Å². The minimum atomic E-state index is -3.79. The molecule has 2 aromatic rings. The zero-order valence-corrected chi connectivity index (χ0v) is 20.5. The van der Waals surface area contributed by atoms with E-state index in [4.69, 9.17) is 21.1 Å². The summed E-state index contributed by atoms with van der Waals surface area (Å²) in [5.41, 5.74) is 1.01. The van der Waals surface area contributed by atoms with Crippen LogP contribution in [0.4, 0.5) is 5.69 Å². The Morgan fingerprint density at radius 3 is 2.41 bits per heavy atom. The van der Waals surface area contributed by atoms with Gasteiger partial charge in [-0.2, -0.15) is 0 Å². The second-order valence-electron chi connectivity index (χ2n) is 8.38. The standard InChI is InChI=1S/C23H30ClN3O6S/c1-32-19-5-3-2-4-18(19)26-10-12-27(13-11-26)22-20(33-21(15-28)23(22)29)14-25-34(30,31)17-8-6-16(24)7-9-17/h2-9,20-23,25,28-29H,10-15H2,1H3/t20-,21+,22-,23-/m1/s1. The van der Waals surface area contributed by atoms with Gasteiger partial charge in [0.15, 0.2) is 0 Å². The van der Waals surface area contributed by atoms with Crippen LogP contribution >= 0.6 is 11.6 Å². The molecular formula is C23H30ClN3O6S. The van der Waals surface area contributed by atoms with Crippen molar-refractivity contribution < 1.29 is 28.1 Å². The van der Waals surface area contributed by atoms with Gasteiger partial charge in [0, 0.05) is 37.7 Å². The average molecular weight is 512 g/mol. The molecule has 2 aliphatic heterocycles. The fraction of sp³-hybridized carbons (Fsp3) is 0.478. The molecule has 9 nitrogen and oxygen atoms in total. The Morgan fingerprint density at radius 1 is 1.09 bits per heavy atom. The van der Waals surface area contributed by atoms with Gasteiger partial charge in [-0.1, -0.05) is 23.7 Å². The number of ether oxygens (including phenoxy) is 2. The first-order valence-corrected chi connectivity index (χ1v) is 13.0. The molecule has 3 N–H and O–H groups in total. The number of rotatable bonds is 8. The molecule has 0 aliphatic carbocycles. The number of aliphatic hydroxyl groups excluding tert-OH is 2. The lowest BCUT2D eigenvalue weighted by atomic mass is 10.0. The summed E-state index contributed by atoms with van der Waals surface area (Å²) in [6.07, 6.45) is -2.33. The van der Waals surface area contributed by atoms with Crippen molar-refractivity contribution in [3.63, 3.8) is 0 Å². The molecule has 11 heteroatoms. The lowest BCUT2D eigenvalue weighted by molar-refractivity contribution is -0.0201. The lowest BCUT2D eigenvalue weighted by Crippen LogP contribution is -2.57. The van der Waals surface area contributed by atoms with E-state index in [-0.39, 0.29) is 18.0 Å². The third-order valence-electron chi connectivity index (χ3n) is 6.40. The highest BCUT2D eigenvalue weighted by Gasteiger charge is 2.47. The molecule has 0 radical (unpaired) electrons. The number of para-hydroxylation sites is 2. The number of methoxy groups -OCH3 is 1. The Kier molecular flexibility index (Phi) is 7.98. The fourth-order valence-corrected chi connectivity index (χ4v) is 5.81. The van der Waals surface area contributed by atoms with Gasteiger partial charge in [-0.15, -0.1) is 0 Å². The number of halogens is 1. The van der Waals surface area contributed by atoms with E-state index in [9.17, 15) is 18.6 Å². The maximum atomic E-state index is 12.7. The van der Waals surface area contributed by atoms with Gasteiger partial charge in [-0.25, -0.2) is 13.1 Å².